The molecular formula is C19H17N7O4S. The summed E-state index contributed by atoms with van der Waals surface area (Å²) in [6.07, 6.45) is 1.55. The van der Waals surface area contributed by atoms with Crippen LogP contribution in [0.4, 0.5) is 5.82 Å². The van der Waals surface area contributed by atoms with Crippen LogP contribution in [0.15, 0.2) is 43.8 Å². The number of rotatable bonds is 5. The van der Waals surface area contributed by atoms with Gasteiger partial charge in [0.25, 0.3) is 11.1 Å². The third-order valence-electron chi connectivity index (χ3n) is 5.30. The van der Waals surface area contributed by atoms with Gasteiger partial charge < -0.3 is 5.73 Å². The quantitative estimate of drug-likeness (QED) is 0.333. The maximum absolute atomic E-state index is 12.9. The fourth-order valence-electron chi connectivity index (χ4n) is 3.64. The Hall–Kier alpha value is -3.67. The molecule has 1 saturated carbocycles. The number of aromatic nitrogens is 6. The summed E-state index contributed by atoms with van der Waals surface area (Å²) in [7, 11) is 1.60. The van der Waals surface area contributed by atoms with Gasteiger partial charge in [-0.25, -0.2) is 4.79 Å². The molecule has 1 fully saturated rings. The number of hydrogen-bond donors (Lipinski definition) is 2. The van der Waals surface area contributed by atoms with Crippen molar-refractivity contribution in [1.29, 1.82) is 0 Å². The van der Waals surface area contributed by atoms with E-state index in [9.17, 15) is 19.2 Å². The van der Waals surface area contributed by atoms with Crippen molar-refractivity contribution in [1.82, 2.24) is 28.7 Å². The number of H-pyrrole nitrogens is 1. The van der Waals surface area contributed by atoms with Crippen LogP contribution in [0.25, 0.3) is 16.7 Å². The second-order valence-electron chi connectivity index (χ2n) is 7.33. The van der Waals surface area contributed by atoms with E-state index in [0.29, 0.717) is 21.8 Å². The van der Waals surface area contributed by atoms with Gasteiger partial charge in [0, 0.05) is 13.1 Å². The Labute approximate surface area is 177 Å². The number of carbonyl (C=O) groups is 1. The molecule has 3 heterocycles. The molecule has 0 aliphatic heterocycles. The summed E-state index contributed by atoms with van der Waals surface area (Å²) in [6, 6.07) is 6.95. The van der Waals surface area contributed by atoms with Crippen LogP contribution < -0.4 is 22.5 Å². The number of hydrogen-bond acceptors (Lipinski definition) is 8. The maximum atomic E-state index is 12.9. The zero-order valence-corrected chi connectivity index (χ0v) is 17.2. The van der Waals surface area contributed by atoms with Gasteiger partial charge in [0.1, 0.15) is 11.4 Å². The number of Topliss-reactive ketones (excluding diaryl/α,β-unsaturated/α-hetero) is 1. The molecule has 0 bridgehead atoms. The highest BCUT2D eigenvalue weighted by atomic mass is 32.2. The van der Waals surface area contributed by atoms with Crippen molar-refractivity contribution in [3.8, 4) is 0 Å². The third kappa shape index (κ3) is 2.98. The monoisotopic (exact) mass is 439 g/mol. The molecule has 158 valence electrons. The first-order valence-electron chi connectivity index (χ1n) is 9.51. The van der Waals surface area contributed by atoms with E-state index >= 15 is 0 Å². The molecule has 0 unspecified atom stereocenters. The van der Waals surface area contributed by atoms with Crippen LogP contribution in [-0.2, 0) is 7.05 Å². The van der Waals surface area contributed by atoms with Crippen LogP contribution in [0.2, 0.25) is 0 Å². The largest absolute Gasteiger partial charge is 0.384 e. The smallest absolute Gasteiger partial charge is 0.330 e. The fourth-order valence-corrected chi connectivity index (χ4v) is 4.45. The highest BCUT2D eigenvalue weighted by Crippen LogP contribution is 2.35. The minimum atomic E-state index is -0.802. The molecule has 0 radical (unpaired) electrons. The lowest BCUT2D eigenvalue weighted by atomic mass is 10.2. The van der Waals surface area contributed by atoms with Crippen LogP contribution in [0.1, 0.15) is 29.2 Å². The van der Waals surface area contributed by atoms with Crippen molar-refractivity contribution in [2.45, 2.75) is 24.0 Å². The van der Waals surface area contributed by atoms with Gasteiger partial charge in [-0.15, -0.1) is 10.2 Å². The molecule has 0 atom stereocenters. The summed E-state index contributed by atoms with van der Waals surface area (Å²) in [5, 5.41) is 9.08. The highest BCUT2D eigenvalue weighted by Gasteiger charge is 2.30. The van der Waals surface area contributed by atoms with Crippen LogP contribution in [0.5, 0.6) is 0 Å². The zero-order chi connectivity index (χ0) is 21.9. The van der Waals surface area contributed by atoms with Crippen molar-refractivity contribution < 1.29 is 4.79 Å². The number of nitrogens with one attached hydrogen (secondary N) is 1. The number of nitrogen functional groups attached to an aromatic ring is 1. The van der Waals surface area contributed by atoms with Gasteiger partial charge in [0.15, 0.2) is 10.9 Å². The molecular weight excluding hydrogens is 422 g/mol. The Morgan fingerprint density at radius 1 is 1.23 bits per heavy atom. The molecule has 5 rings (SSSR count). The number of aromatic amines is 1. The molecule has 0 saturated heterocycles. The lowest BCUT2D eigenvalue weighted by Gasteiger charge is -2.11. The first-order valence-corrected chi connectivity index (χ1v) is 10.5. The van der Waals surface area contributed by atoms with E-state index in [1.165, 1.54) is 9.13 Å². The van der Waals surface area contributed by atoms with Crippen molar-refractivity contribution in [3.63, 3.8) is 0 Å². The Bertz CT molecular complexity index is 1560. The van der Waals surface area contributed by atoms with E-state index in [-0.39, 0.29) is 28.7 Å². The van der Waals surface area contributed by atoms with Crippen LogP contribution >= 0.6 is 11.8 Å². The predicted octanol–water partition coefficient (Wildman–Crippen LogP) is 0.323. The Morgan fingerprint density at radius 3 is 2.71 bits per heavy atom. The average Bonchev–Trinajstić information content (AvgIpc) is 3.47. The molecule has 12 heteroatoms. The van der Waals surface area contributed by atoms with E-state index in [1.807, 2.05) is 0 Å². The highest BCUT2D eigenvalue weighted by molar-refractivity contribution is 7.99. The number of nitrogens with zero attached hydrogens (tertiary/aromatic N) is 5. The van der Waals surface area contributed by atoms with E-state index in [0.717, 1.165) is 24.6 Å². The van der Waals surface area contributed by atoms with Gasteiger partial charge >= 0.3 is 5.69 Å². The number of anilines is 1. The number of fused-ring (bicyclic) bond motifs is 3. The van der Waals surface area contributed by atoms with Gasteiger partial charge in [0.2, 0.25) is 5.78 Å². The summed E-state index contributed by atoms with van der Waals surface area (Å²) in [5.41, 5.74) is 4.79. The molecule has 3 N–H and O–H groups in total. The summed E-state index contributed by atoms with van der Waals surface area (Å²) >= 11 is 1.07. The van der Waals surface area contributed by atoms with Crippen LogP contribution in [0, 0.1) is 0 Å². The van der Waals surface area contributed by atoms with Gasteiger partial charge in [-0.2, -0.15) is 0 Å². The fraction of sp³-hybridized carbons (Fsp3) is 0.263. The van der Waals surface area contributed by atoms with Crippen LogP contribution in [0.3, 0.4) is 0 Å². The molecule has 0 spiro atoms. The molecule has 4 aromatic rings. The third-order valence-corrected chi connectivity index (χ3v) is 6.23. The summed E-state index contributed by atoms with van der Waals surface area (Å²) in [6.45, 7) is 0. The van der Waals surface area contributed by atoms with E-state index in [2.05, 4.69) is 15.2 Å². The Kier molecular flexibility index (Phi) is 4.32. The standard InChI is InChI=1S/C19H17N7O4S/c1-24-16(29)10-4-2-3-5-11(10)26-17(24)22-23-19(26)31-8-12(27)13-14(20)25(9-6-7-9)18(30)21-15(13)28/h2-5,9H,6-8,20H2,1H3,(H,21,28,30). The number of ketones is 1. The van der Waals surface area contributed by atoms with Crippen molar-refractivity contribution in [3.05, 3.63) is 61.0 Å². The first-order chi connectivity index (χ1) is 14.9. The van der Waals surface area contributed by atoms with Gasteiger partial charge in [-0.1, -0.05) is 23.9 Å². The first kappa shape index (κ1) is 19.3. The zero-order valence-electron chi connectivity index (χ0n) is 16.4. The minimum Gasteiger partial charge on any atom is -0.384 e. The molecule has 11 nitrogen and oxygen atoms in total. The number of carbonyl (C=O) groups excluding carboxylic acids is 1. The van der Waals surface area contributed by atoms with Crippen molar-refractivity contribution in [2.24, 2.45) is 7.05 Å². The number of para-hydroxylation sites is 1. The number of thioether (sulfide) groups is 1. The Balaban J connectivity index is 1.54. The van der Waals surface area contributed by atoms with Crippen LogP contribution in [-0.4, -0.2) is 40.3 Å². The molecule has 1 aromatic carbocycles. The van der Waals surface area contributed by atoms with E-state index in [1.54, 1.807) is 35.7 Å². The number of aryl methyl sites for hydroxylation is 1. The Morgan fingerprint density at radius 2 is 1.97 bits per heavy atom. The molecule has 0 amide bonds. The summed E-state index contributed by atoms with van der Waals surface area (Å²) in [5.74, 6) is -0.447. The maximum Gasteiger partial charge on any atom is 0.330 e. The SMILES string of the molecule is Cn1c(=O)c2ccccc2n2c(SCC(=O)c3c(N)n(C4CC4)c(=O)[nH]c3=O)nnc12. The minimum absolute atomic E-state index is 0.0864. The predicted molar refractivity (Wildman–Crippen MR) is 115 cm³/mol. The molecule has 1 aliphatic rings. The second kappa shape index (κ2) is 6.94. The number of nitrogens with two attached hydrogens (primary N) is 1. The summed E-state index contributed by atoms with van der Waals surface area (Å²) < 4.78 is 4.35. The second-order valence-corrected chi connectivity index (χ2v) is 8.27. The number of benzene rings is 1. The van der Waals surface area contributed by atoms with Gasteiger partial charge in [-0.05, 0) is 25.0 Å². The van der Waals surface area contributed by atoms with E-state index in [4.69, 9.17) is 5.73 Å². The lowest BCUT2D eigenvalue weighted by Crippen LogP contribution is -2.36. The topological polar surface area (TPSA) is 150 Å². The van der Waals surface area contributed by atoms with Crippen molar-refractivity contribution in [2.75, 3.05) is 11.5 Å². The van der Waals surface area contributed by atoms with E-state index < -0.39 is 17.0 Å². The molecule has 3 aromatic heterocycles. The molecule has 31 heavy (non-hydrogen) atoms. The normalized spacial score (nSPS) is 13.8. The van der Waals surface area contributed by atoms with Gasteiger partial charge in [0.05, 0.1) is 16.7 Å². The van der Waals surface area contributed by atoms with Gasteiger partial charge in [-0.3, -0.25) is 32.9 Å². The molecule has 1 aliphatic carbocycles. The summed E-state index contributed by atoms with van der Waals surface area (Å²) in [4.78, 5) is 51.9. The average molecular weight is 439 g/mol. The lowest BCUT2D eigenvalue weighted by molar-refractivity contribution is 0.102. The van der Waals surface area contributed by atoms with Crippen molar-refractivity contribution >= 4 is 40.0 Å².